The largest absolute Gasteiger partial charge is 1.00 e. The molecule has 42 heavy (non-hydrogen) atoms. The van der Waals surface area contributed by atoms with E-state index in [1.807, 2.05) is 31.2 Å². The molecule has 2 rings (SSSR count). The van der Waals surface area contributed by atoms with Crippen LogP contribution in [-0.4, -0.2) is 94.8 Å². The van der Waals surface area contributed by atoms with Crippen LogP contribution in [0.1, 0.15) is 18.1 Å². The summed E-state index contributed by atoms with van der Waals surface area (Å²) in [4.78, 5) is 0. The quantitative estimate of drug-likeness (QED) is 0.103. The van der Waals surface area contributed by atoms with E-state index in [9.17, 15) is 0 Å². The average Bonchev–Trinajstić information content (AvgIpc) is 2.98. The van der Waals surface area contributed by atoms with E-state index in [1.54, 1.807) is 0 Å². The molecule has 2 aromatic rings. The first-order valence-corrected chi connectivity index (χ1v) is 15.1. The third-order valence-electron chi connectivity index (χ3n) is 5.36. The number of rotatable bonds is 23. The molecule has 0 saturated heterocycles. The van der Waals surface area contributed by atoms with Crippen molar-refractivity contribution in [2.75, 3.05) is 84.6 Å². The Morgan fingerprint density at radius 2 is 1.07 bits per heavy atom. The van der Waals surface area contributed by atoms with Crippen molar-refractivity contribution in [3.05, 3.63) is 72.8 Å². The van der Waals surface area contributed by atoms with Crippen LogP contribution in [-0.2, 0) is 31.8 Å². The van der Waals surface area contributed by atoms with E-state index in [-0.39, 0.29) is 30.2 Å². The van der Waals surface area contributed by atoms with Gasteiger partial charge in [-0.1, -0.05) is 40.2 Å². The standard InChI is InChI=1S/C26H34O5.C6H13BrO3.BrH/c1-4-7-21-9-11-25(30-6-3)23(19-21)24-20-22(8-5-2)10-12-26(24)31-18-17-29-16-15-28-14-13-27;7-1-3-9-5-6-10-4-2-8;/h4-5,9-12,19-20,27H,1-2,6-8,13-18H2,3H3;8H,1-6H2;1H/p-1. The van der Waals surface area contributed by atoms with E-state index in [4.69, 9.17) is 38.6 Å². The monoisotopic (exact) mass is 717 g/mol. The number of hydrogen-bond acceptors (Lipinski definition) is 8. The molecule has 0 unspecified atom stereocenters. The zero-order valence-electron chi connectivity index (χ0n) is 24.7. The molecule has 0 aliphatic heterocycles. The normalized spacial score (nSPS) is 10.3. The topological polar surface area (TPSA) is 95.8 Å². The van der Waals surface area contributed by atoms with Gasteiger partial charge in [0.2, 0.25) is 0 Å². The molecule has 0 atom stereocenters. The third kappa shape index (κ3) is 18.0. The molecule has 0 fully saturated rings. The number of allylic oxidation sites excluding steroid dienone is 2. The maximum atomic E-state index is 8.70. The molecule has 0 aliphatic carbocycles. The highest BCUT2D eigenvalue weighted by molar-refractivity contribution is 9.09. The van der Waals surface area contributed by atoms with Crippen LogP contribution in [0.2, 0.25) is 0 Å². The van der Waals surface area contributed by atoms with Crippen LogP contribution in [0, 0.1) is 0 Å². The lowest BCUT2D eigenvalue weighted by Gasteiger charge is -2.17. The fourth-order valence-corrected chi connectivity index (χ4v) is 3.84. The van der Waals surface area contributed by atoms with Crippen molar-refractivity contribution in [2.24, 2.45) is 0 Å². The first kappa shape index (κ1) is 40.2. The second kappa shape index (κ2) is 28.0. The van der Waals surface area contributed by atoms with Crippen molar-refractivity contribution in [3.63, 3.8) is 0 Å². The summed E-state index contributed by atoms with van der Waals surface area (Å²) >= 11 is 3.23. The van der Waals surface area contributed by atoms with E-state index < -0.39 is 0 Å². The molecule has 238 valence electrons. The first-order chi connectivity index (χ1) is 20.1. The lowest BCUT2D eigenvalue weighted by molar-refractivity contribution is -0.0000125. The summed E-state index contributed by atoms with van der Waals surface area (Å²) in [6, 6.07) is 12.4. The molecular weight excluding hydrogens is 672 g/mol. The maximum absolute atomic E-state index is 8.70. The molecule has 0 saturated carbocycles. The third-order valence-corrected chi connectivity index (χ3v) is 5.68. The van der Waals surface area contributed by atoms with Gasteiger partial charge in [0.25, 0.3) is 0 Å². The molecule has 2 aromatic carbocycles. The minimum absolute atomic E-state index is 0. The number of aliphatic hydroxyl groups excluding tert-OH is 2. The molecule has 2 N–H and O–H groups in total. The zero-order chi connectivity index (χ0) is 30.0. The molecule has 0 bridgehead atoms. The zero-order valence-corrected chi connectivity index (χ0v) is 27.9. The van der Waals surface area contributed by atoms with Gasteiger partial charge >= 0.3 is 0 Å². The molecule has 0 amide bonds. The number of ether oxygens (including phenoxy) is 6. The van der Waals surface area contributed by atoms with Crippen LogP contribution in [0.4, 0.5) is 0 Å². The fraction of sp³-hybridized carbons (Fsp3) is 0.500. The van der Waals surface area contributed by atoms with Gasteiger partial charge in [-0.25, -0.2) is 0 Å². The summed E-state index contributed by atoms with van der Waals surface area (Å²) in [7, 11) is 0. The summed E-state index contributed by atoms with van der Waals surface area (Å²) in [5, 5.41) is 17.9. The summed E-state index contributed by atoms with van der Waals surface area (Å²) in [6.07, 6.45) is 5.35. The predicted molar refractivity (Wildman–Crippen MR) is 168 cm³/mol. The van der Waals surface area contributed by atoms with Crippen LogP contribution < -0.4 is 26.5 Å². The molecule has 0 spiro atoms. The van der Waals surface area contributed by atoms with E-state index in [0.29, 0.717) is 66.1 Å². The van der Waals surface area contributed by atoms with Crippen molar-refractivity contribution in [1.82, 2.24) is 0 Å². The number of halogens is 2. The van der Waals surface area contributed by atoms with E-state index in [0.717, 1.165) is 46.4 Å². The Kier molecular flexibility index (Phi) is 26.9. The second-order valence-corrected chi connectivity index (χ2v) is 9.31. The van der Waals surface area contributed by atoms with Crippen molar-refractivity contribution in [1.29, 1.82) is 0 Å². The van der Waals surface area contributed by atoms with Crippen molar-refractivity contribution >= 4 is 15.9 Å². The lowest BCUT2D eigenvalue weighted by atomic mass is 9.97. The van der Waals surface area contributed by atoms with Crippen molar-refractivity contribution < 1.29 is 55.6 Å². The van der Waals surface area contributed by atoms with Gasteiger partial charge in [0.05, 0.1) is 72.7 Å². The second-order valence-electron chi connectivity index (χ2n) is 8.51. The van der Waals surface area contributed by atoms with E-state index >= 15 is 0 Å². The highest BCUT2D eigenvalue weighted by Gasteiger charge is 2.14. The highest BCUT2D eigenvalue weighted by Crippen LogP contribution is 2.38. The van der Waals surface area contributed by atoms with Gasteiger partial charge in [-0.3, -0.25) is 0 Å². The Hall–Kier alpha value is -1.76. The van der Waals surface area contributed by atoms with Crippen molar-refractivity contribution in [2.45, 2.75) is 19.8 Å². The smallest absolute Gasteiger partial charge is 0.127 e. The van der Waals surface area contributed by atoms with Gasteiger partial charge < -0.3 is 55.6 Å². The summed E-state index contributed by atoms with van der Waals surface area (Å²) in [6.45, 7) is 14.8. The Balaban J connectivity index is 0.00000131. The number of aliphatic hydroxyl groups is 2. The maximum Gasteiger partial charge on any atom is 0.127 e. The van der Waals surface area contributed by atoms with Gasteiger partial charge in [-0.15, -0.1) is 13.2 Å². The summed E-state index contributed by atoms with van der Waals surface area (Å²) in [5.74, 6) is 1.61. The van der Waals surface area contributed by atoms with Crippen LogP contribution in [0.15, 0.2) is 61.7 Å². The van der Waals surface area contributed by atoms with E-state index in [1.165, 1.54) is 5.56 Å². The fourth-order valence-electron chi connectivity index (χ4n) is 3.61. The molecule has 0 heterocycles. The average molecular weight is 720 g/mol. The van der Waals surface area contributed by atoms with Gasteiger partial charge in [0.15, 0.2) is 0 Å². The molecular formula is C32H47Br2O8-. The highest BCUT2D eigenvalue weighted by atomic mass is 79.9. The molecule has 0 aromatic heterocycles. The van der Waals surface area contributed by atoms with Crippen LogP contribution in [0.5, 0.6) is 11.5 Å². The minimum Gasteiger partial charge on any atom is -1.00 e. The van der Waals surface area contributed by atoms with Crippen LogP contribution in [0.3, 0.4) is 0 Å². The molecule has 0 aliphatic rings. The Labute approximate surface area is 270 Å². The first-order valence-electron chi connectivity index (χ1n) is 14.0. The van der Waals surface area contributed by atoms with Gasteiger partial charge in [-0.05, 0) is 55.2 Å². The van der Waals surface area contributed by atoms with Gasteiger partial charge in [0.1, 0.15) is 18.1 Å². The molecule has 8 nitrogen and oxygen atoms in total. The van der Waals surface area contributed by atoms with Crippen LogP contribution >= 0.6 is 15.9 Å². The number of hydrogen-bond donors (Lipinski definition) is 2. The summed E-state index contributed by atoms with van der Waals surface area (Å²) < 4.78 is 32.7. The van der Waals surface area contributed by atoms with Crippen LogP contribution in [0.25, 0.3) is 11.1 Å². The number of alkyl halides is 1. The lowest BCUT2D eigenvalue weighted by Crippen LogP contribution is -3.00. The van der Waals surface area contributed by atoms with Gasteiger partial charge in [-0.2, -0.15) is 0 Å². The molecule has 10 heteroatoms. The molecule has 0 radical (unpaired) electrons. The van der Waals surface area contributed by atoms with E-state index in [2.05, 4.69) is 53.4 Å². The number of benzene rings is 2. The minimum atomic E-state index is 0. The van der Waals surface area contributed by atoms with Crippen molar-refractivity contribution in [3.8, 4) is 22.6 Å². The Bertz CT molecular complexity index is 950. The Morgan fingerprint density at radius 3 is 1.50 bits per heavy atom. The Morgan fingerprint density at radius 1 is 0.643 bits per heavy atom. The van der Waals surface area contributed by atoms with Gasteiger partial charge in [0, 0.05) is 16.5 Å². The predicted octanol–water partition coefficient (Wildman–Crippen LogP) is 2.02. The SMILES string of the molecule is C=CCc1ccc(OCC)c(-c2cc(CC=C)ccc2OCCOCCOCCO)c1.OCCOCCOCCBr.[Br-]. The summed E-state index contributed by atoms with van der Waals surface area (Å²) in [5.41, 5.74) is 4.31.